The van der Waals surface area contributed by atoms with Crippen molar-refractivity contribution in [3.05, 3.63) is 28.3 Å². The molecule has 0 aromatic heterocycles. The van der Waals surface area contributed by atoms with Gasteiger partial charge in [0.15, 0.2) is 9.84 Å². The molecular weight excluding hydrogens is 316 g/mol. The van der Waals surface area contributed by atoms with Crippen LogP contribution < -0.4 is 4.90 Å². The van der Waals surface area contributed by atoms with Gasteiger partial charge in [0.1, 0.15) is 5.69 Å². The maximum absolute atomic E-state index is 11.6. The van der Waals surface area contributed by atoms with Gasteiger partial charge in [-0.25, -0.2) is 8.42 Å². The molecule has 0 amide bonds. The lowest BCUT2D eigenvalue weighted by Crippen LogP contribution is -2.42. The fraction of sp³-hybridized carbons (Fsp3) is 0.625. The average Bonchev–Trinajstić information content (AvgIpc) is 2.53. The zero-order valence-electron chi connectivity index (χ0n) is 13.3. The molecule has 3 rings (SSSR count). The van der Waals surface area contributed by atoms with E-state index in [1.165, 1.54) is 37.8 Å². The highest BCUT2D eigenvalue weighted by Crippen LogP contribution is 2.40. The van der Waals surface area contributed by atoms with Gasteiger partial charge >= 0.3 is 0 Å². The molecule has 1 heterocycles. The third-order valence-electron chi connectivity index (χ3n) is 5.20. The number of piperidine rings is 1. The third-order valence-corrected chi connectivity index (χ3v) is 6.31. The van der Waals surface area contributed by atoms with Crippen molar-refractivity contribution in [1.82, 2.24) is 0 Å². The van der Waals surface area contributed by atoms with Crippen LogP contribution in [-0.4, -0.2) is 32.7 Å². The molecule has 23 heavy (non-hydrogen) atoms. The summed E-state index contributed by atoms with van der Waals surface area (Å²) < 4.78 is 23.3. The van der Waals surface area contributed by atoms with Crippen LogP contribution in [0.25, 0.3) is 0 Å². The van der Waals surface area contributed by atoms with E-state index in [0.717, 1.165) is 31.7 Å². The summed E-state index contributed by atoms with van der Waals surface area (Å²) in [7, 11) is -3.45. The van der Waals surface area contributed by atoms with Crippen LogP contribution in [0.1, 0.15) is 32.1 Å². The zero-order chi connectivity index (χ0) is 16.6. The smallest absolute Gasteiger partial charge is 0.293 e. The number of nitro groups is 1. The third kappa shape index (κ3) is 3.34. The molecule has 0 radical (unpaired) electrons. The first kappa shape index (κ1) is 16.2. The number of fused-ring (bicyclic) bond motifs is 1. The maximum atomic E-state index is 11.6. The molecule has 2 fully saturated rings. The van der Waals surface area contributed by atoms with E-state index in [1.807, 2.05) is 0 Å². The van der Waals surface area contributed by atoms with Crippen molar-refractivity contribution in [3.63, 3.8) is 0 Å². The SMILES string of the molecule is CS(=O)(=O)c1ccc(N2CC[C@H]3CCCC[C@H]3C2)c([N+](=O)[O-])c1. The molecule has 6 nitrogen and oxygen atoms in total. The van der Waals surface area contributed by atoms with E-state index in [9.17, 15) is 18.5 Å². The van der Waals surface area contributed by atoms with Gasteiger partial charge in [-0.05, 0) is 36.8 Å². The Balaban J connectivity index is 1.91. The fourth-order valence-corrected chi connectivity index (χ4v) is 4.61. The van der Waals surface area contributed by atoms with Crippen molar-refractivity contribution in [3.8, 4) is 0 Å². The maximum Gasteiger partial charge on any atom is 0.293 e. The lowest BCUT2D eigenvalue weighted by molar-refractivity contribution is -0.384. The van der Waals surface area contributed by atoms with Crippen LogP contribution in [0.5, 0.6) is 0 Å². The summed E-state index contributed by atoms with van der Waals surface area (Å²) in [4.78, 5) is 13.0. The van der Waals surface area contributed by atoms with Gasteiger partial charge in [0.25, 0.3) is 5.69 Å². The minimum Gasteiger partial charge on any atom is -0.366 e. The number of hydrogen-bond acceptors (Lipinski definition) is 5. The number of hydrogen-bond donors (Lipinski definition) is 0. The number of rotatable bonds is 3. The van der Waals surface area contributed by atoms with Crippen molar-refractivity contribution in [2.75, 3.05) is 24.2 Å². The van der Waals surface area contributed by atoms with E-state index in [4.69, 9.17) is 0 Å². The summed E-state index contributed by atoms with van der Waals surface area (Å²) in [6.07, 6.45) is 7.13. The van der Waals surface area contributed by atoms with Crippen molar-refractivity contribution >= 4 is 21.2 Å². The van der Waals surface area contributed by atoms with Gasteiger partial charge in [-0.15, -0.1) is 0 Å². The number of anilines is 1. The number of sulfone groups is 1. The first-order valence-electron chi connectivity index (χ1n) is 8.09. The van der Waals surface area contributed by atoms with E-state index in [-0.39, 0.29) is 10.6 Å². The number of benzene rings is 1. The number of nitrogens with zero attached hydrogens (tertiary/aromatic N) is 2. The molecule has 0 unspecified atom stereocenters. The largest absolute Gasteiger partial charge is 0.366 e. The van der Waals surface area contributed by atoms with Crippen LogP contribution in [0.15, 0.2) is 23.1 Å². The molecule has 0 spiro atoms. The summed E-state index contributed by atoms with van der Waals surface area (Å²) in [5, 5.41) is 11.4. The molecule has 126 valence electrons. The van der Waals surface area contributed by atoms with E-state index < -0.39 is 14.8 Å². The zero-order valence-corrected chi connectivity index (χ0v) is 14.1. The topological polar surface area (TPSA) is 80.5 Å². The highest BCUT2D eigenvalue weighted by Gasteiger charge is 2.33. The molecule has 7 heteroatoms. The molecular formula is C16H22N2O4S. The predicted octanol–water partition coefficient (Wildman–Crippen LogP) is 3.01. The number of nitro benzene ring substituents is 1. The van der Waals surface area contributed by atoms with Crippen molar-refractivity contribution < 1.29 is 13.3 Å². The summed E-state index contributed by atoms with van der Waals surface area (Å²) >= 11 is 0. The van der Waals surface area contributed by atoms with Gasteiger partial charge in [0, 0.05) is 25.4 Å². The Labute approximate surface area is 136 Å². The molecule has 0 bridgehead atoms. The fourth-order valence-electron chi connectivity index (χ4n) is 3.97. The highest BCUT2D eigenvalue weighted by atomic mass is 32.2. The predicted molar refractivity (Wildman–Crippen MR) is 88.5 cm³/mol. The second kappa shape index (κ2) is 6.11. The molecule has 1 saturated heterocycles. The van der Waals surface area contributed by atoms with Crippen molar-refractivity contribution in [2.24, 2.45) is 11.8 Å². The minimum atomic E-state index is -3.45. The monoisotopic (exact) mass is 338 g/mol. The lowest BCUT2D eigenvalue weighted by atomic mass is 9.75. The van der Waals surface area contributed by atoms with Crippen LogP contribution in [0.3, 0.4) is 0 Å². The molecule has 1 aromatic rings. The van der Waals surface area contributed by atoms with Crippen LogP contribution in [0.2, 0.25) is 0 Å². The Morgan fingerprint density at radius 1 is 1.17 bits per heavy atom. The van der Waals surface area contributed by atoms with Gasteiger partial charge in [0.05, 0.1) is 9.82 Å². The Morgan fingerprint density at radius 2 is 1.87 bits per heavy atom. The van der Waals surface area contributed by atoms with E-state index in [2.05, 4.69) is 4.90 Å². The van der Waals surface area contributed by atoms with Crippen LogP contribution in [-0.2, 0) is 9.84 Å². The minimum absolute atomic E-state index is 0.000465. The molecule has 0 N–H and O–H groups in total. The van der Waals surface area contributed by atoms with Gasteiger partial charge in [-0.3, -0.25) is 10.1 Å². The van der Waals surface area contributed by atoms with E-state index >= 15 is 0 Å². The molecule has 1 aliphatic carbocycles. The van der Waals surface area contributed by atoms with Crippen LogP contribution >= 0.6 is 0 Å². The van der Waals surface area contributed by atoms with Gasteiger partial charge in [0.2, 0.25) is 0 Å². The van der Waals surface area contributed by atoms with E-state index in [0.29, 0.717) is 11.6 Å². The second-order valence-electron chi connectivity index (χ2n) is 6.72. The second-order valence-corrected chi connectivity index (χ2v) is 8.73. The lowest BCUT2D eigenvalue weighted by Gasteiger charge is -2.42. The van der Waals surface area contributed by atoms with Crippen molar-refractivity contribution in [1.29, 1.82) is 0 Å². The molecule has 1 aromatic carbocycles. The van der Waals surface area contributed by atoms with Gasteiger partial charge in [-0.2, -0.15) is 0 Å². The van der Waals surface area contributed by atoms with Gasteiger partial charge < -0.3 is 4.90 Å². The summed E-state index contributed by atoms with van der Waals surface area (Å²) in [5.41, 5.74) is 0.439. The Kier molecular flexibility index (Phi) is 4.31. The summed E-state index contributed by atoms with van der Waals surface area (Å²) in [5.74, 6) is 1.35. The first-order chi connectivity index (χ1) is 10.9. The molecule has 2 aliphatic rings. The molecule has 1 saturated carbocycles. The first-order valence-corrected chi connectivity index (χ1v) is 9.99. The van der Waals surface area contributed by atoms with E-state index in [1.54, 1.807) is 6.07 Å². The molecule has 1 aliphatic heterocycles. The van der Waals surface area contributed by atoms with Crippen LogP contribution in [0, 0.1) is 22.0 Å². The Morgan fingerprint density at radius 3 is 2.52 bits per heavy atom. The molecule has 2 atom stereocenters. The van der Waals surface area contributed by atoms with Gasteiger partial charge in [-0.1, -0.05) is 19.3 Å². The standard InChI is InChI=1S/C16H22N2O4S/c1-23(21,22)14-6-7-15(16(10-14)18(19)20)17-9-8-12-4-2-3-5-13(12)11-17/h6-7,10,12-13H,2-5,8-9,11H2,1H3/t12-,13+/m1/s1. The highest BCUT2D eigenvalue weighted by molar-refractivity contribution is 7.90. The quantitative estimate of drug-likeness (QED) is 0.625. The summed E-state index contributed by atoms with van der Waals surface area (Å²) in [6.45, 7) is 1.64. The van der Waals surface area contributed by atoms with Crippen molar-refractivity contribution in [2.45, 2.75) is 37.0 Å². The summed E-state index contributed by atoms with van der Waals surface area (Å²) in [6, 6.07) is 4.26. The Bertz CT molecular complexity index is 717. The van der Waals surface area contributed by atoms with Crippen LogP contribution in [0.4, 0.5) is 11.4 Å². The average molecular weight is 338 g/mol. The normalized spacial score (nSPS) is 25.0. The Hall–Kier alpha value is -1.63.